The number of rotatable bonds is 5. The lowest BCUT2D eigenvalue weighted by molar-refractivity contribution is -0.159. The fraction of sp³-hybridized carbons (Fsp3) is 0.667. The molecule has 0 aromatic heterocycles. The van der Waals surface area contributed by atoms with Crippen LogP contribution in [0.5, 0.6) is 0 Å². The Labute approximate surface area is 88.1 Å². The van der Waals surface area contributed by atoms with E-state index in [-0.39, 0.29) is 5.91 Å². The Bertz CT molecular complexity index is 203. The smallest absolute Gasteiger partial charge is 0.414 e. The third-order valence-electron chi connectivity index (χ3n) is 1.46. The Balaban J connectivity index is 0. The summed E-state index contributed by atoms with van der Waals surface area (Å²) < 4.78 is 0. The maximum Gasteiger partial charge on any atom is 0.414 e. The third-order valence-corrected chi connectivity index (χ3v) is 1.46. The van der Waals surface area contributed by atoms with Crippen molar-refractivity contribution >= 4 is 17.8 Å². The van der Waals surface area contributed by atoms with Gasteiger partial charge in [0.05, 0.1) is 0 Å². The number of hydrogen-bond donors (Lipinski definition) is 3. The summed E-state index contributed by atoms with van der Waals surface area (Å²) in [4.78, 5) is 28.4. The van der Waals surface area contributed by atoms with Crippen LogP contribution in [0.1, 0.15) is 39.0 Å². The quantitative estimate of drug-likeness (QED) is 0.462. The number of carboxylic acids is 2. The van der Waals surface area contributed by atoms with Crippen LogP contribution in [-0.4, -0.2) is 28.1 Å². The number of aliphatic carboxylic acids is 2. The van der Waals surface area contributed by atoms with Crippen molar-refractivity contribution in [3.05, 3.63) is 0 Å². The van der Waals surface area contributed by atoms with E-state index >= 15 is 0 Å². The Morgan fingerprint density at radius 2 is 1.47 bits per heavy atom. The maximum absolute atomic E-state index is 10.2. The topological polar surface area (TPSA) is 118 Å². The summed E-state index contributed by atoms with van der Waals surface area (Å²) >= 11 is 0. The van der Waals surface area contributed by atoms with E-state index in [9.17, 15) is 4.79 Å². The van der Waals surface area contributed by atoms with Crippen molar-refractivity contribution in [2.45, 2.75) is 39.0 Å². The van der Waals surface area contributed by atoms with Gasteiger partial charge in [-0.1, -0.05) is 26.2 Å². The number of nitrogens with two attached hydrogens (primary N) is 1. The highest BCUT2D eigenvalue weighted by Crippen LogP contribution is 2.00. The number of carbonyl (C=O) groups excluding carboxylic acids is 1. The van der Waals surface area contributed by atoms with Gasteiger partial charge in [-0.15, -0.1) is 0 Å². The molecule has 0 saturated carbocycles. The summed E-state index contributed by atoms with van der Waals surface area (Å²) in [6, 6.07) is 0. The van der Waals surface area contributed by atoms with Crippen LogP contribution < -0.4 is 5.73 Å². The average Bonchev–Trinajstić information content (AvgIpc) is 2.13. The third kappa shape index (κ3) is 19.0. The molecule has 0 unspecified atom stereocenters. The molecule has 0 bridgehead atoms. The Morgan fingerprint density at radius 1 is 1.00 bits per heavy atom. The lowest BCUT2D eigenvalue weighted by Gasteiger charge is -1.93. The van der Waals surface area contributed by atoms with Gasteiger partial charge in [0.1, 0.15) is 0 Å². The number of carboxylic acid groups (broad SMARTS) is 2. The van der Waals surface area contributed by atoms with E-state index in [4.69, 9.17) is 25.5 Å². The largest absolute Gasteiger partial charge is 0.473 e. The molecule has 0 aliphatic carbocycles. The van der Waals surface area contributed by atoms with Crippen molar-refractivity contribution in [2.75, 3.05) is 0 Å². The molecule has 0 radical (unpaired) electrons. The molecule has 6 heteroatoms. The first-order valence-corrected chi connectivity index (χ1v) is 4.66. The van der Waals surface area contributed by atoms with Crippen LogP contribution in [0, 0.1) is 0 Å². The highest BCUT2D eigenvalue weighted by Gasteiger charge is 2.04. The van der Waals surface area contributed by atoms with E-state index in [1.165, 1.54) is 12.8 Å². The second kappa shape index (κ2) is 10.5. The van der Waals surface area contributed by atoms with Gasteiger partial charge in [-0.3, -0.25) is 4.79 Å². The molecule has 0 spiro atoms. The van der Waals surface area contributed by atoms with E-state index in [1.54, 1.807) is 0 Å². The van der Waals surface area contributed by atoms with E-state index in [1.807, 2.05) is 0 Å². The molecular weight excluding hydrogens is 202 g/mol. The molecule has 1 amide bonds. The SMILES string of the molecule is CCCCCCC(N)=O.O=C(O)C(=O)O. The van der Waals surface area contributed by atoms with Crippen molar-refractivity contribution in [3.63, 3.8) is 0 Å². The second-order valence-corrected chi connectivity index (χ2v) is 2.89. The summed E-state index contributed by atoms with van der Waals surface area (Å²) in [6.45, 7) is 2.14. The van der Waals surface area contributed by atoms with Gasteiger partial charge >= 0.3 is 11.9 Å². The predicted octanol–water partition coefficient (Wildman–Crippen LogP) is 0.598. The minimum absolute atomic E-state index is 0.175. The number of hydrogen-bond acceptors (Lipinski definition) is 3. The molecule has 0 rings (SSSR count). The van der Waals surface area contributed by atoms with Crippen molar-refractivity contribution in [3.8, 4) is 0 Å². The number of primary amides is 1. The minimum atomic E-state index is -1.82. The molecule has 0 heterocycles. The summed E-state index contributed by atoms with van der Waals surface area (Å²) in [5, 5.41) is 14.8. The number of carbonyl (C=O) groups is 3. The molecule has 15 heavy (non-hydrogen) atoms. The van der Waals surface area contributed by atoms with Gasteiger partial charge in [-0.2, -0.15) is 0 Å². The van der Waals surface area contributed by atoms with Crippen LogP contribution in [0.25, 0.3) is 0 Å². The summed E-state index contributed by atoms with van der Waals surface area (Å²) in [7, 11) is 0. The molecule has 4 N–H and O–H groups in total. The van der Waals surface area contributed by atoms with E-state index in [0.29, 0.717) is 6.42 Å². The van der Waals surface area contributed by atoms with Gasteiger partial charge in [0.15, 0.2) is 0 Å². The zero-order valence-corrected chi connectivity index (χ0v) is 8.73. The zero-order valence-electron chi connectivity index (χ0n) is 8.73. The average molecular weight is 219 g/mol. The standard InChI is InChI=1S/C7H15NO.C2H2O4/c1-2-3-4-5-6-7(8)9;3-1(4)2(5)6/h2-6H2,1H3,(H2,8,9);(H,3,4)(H,5,6). The van der Waals surface area contributed by atoms with Crippen LogP contribution in [0.4, 0.5) is 0 Å². The molecule has 0 aliphatic heterocycles. The first-order chi connectivity index (χ1) is 6.91. The van der Waals surface area contributed by atoms with Crippen molar-refractivity contribution < 1.29 is 24.6 Å². The van der Waals surface area contributed by atoms with Gasteiger partial charge in [0.25, 0.3) is 0 Å². The van der Waals surface area contributed by atoms with Crippen molar-refractivity contribution in [2.24, 2.45) is 5.73 Å². The van der Waals surface area contributed by atoms with Gasteiger partial charge < -0.3 is 15.9 Å². The first-order valence-electron chi connectivity index (χ1n) is 4.66. The van der Waals surface area contributed by atoms with E-state index in [2.05, 4.69) is 6.92 Å². The van der Waals surface area contributed by atoms with Gasteiger partial charge in [0.2, 0.25) is 5.91 Å². The van der Waals surface area contributed by atoms with E-state index < -0.39 is 11.9 Å². The van der Waals surface area contributed by atoms with Crippen molar-refractivity contribution in [1.29, 1.82) is 0 Å². The Hall–Kier alpha value is -1.59. The number of unbranched alkanes of at least 4 members (excludes halogenated alkanes) is 3. The van der Waals surface area contributed by atoms with Gasteiger partial charge in [-0.25, -0.2) is 9.59 Å². The van der Waals surface area contributed by atoms with Gasteiger partial charge in [0, 0.05) is 6.42 Å². The van der Waals surface area contributed by atoms with Crippen LogP contribution >= 0.6 is 0 Å². The molecule has 0 aliphatic rings. The van der Waals surface area contributed by atoms with Crippen molar-refractivity contribution in [1.82, 2.24) is 0 Å². The molecular formula is C9H17NO5. The van der Waals surface area contributed by atoms with Crippen LogP contribution in [0.15, 0.2) is 0 Å². The highest BCUT2D eigenvalue weighted by atomic mass is 16.4. The second-order valence-electron chi connectivity index (χ2n) is 2.89. The normalized spacial score (nSPS) is 8.60. The number of amides is 1. The summed E-state index contributed by atoms with van der Waals surface area (Å²) in [5.41, 5.74) is 4.94. The highest BCUT2D eigenvalue weighted by molar-refractivity contribution is 6.27. The molecule has 0 saturated heterocycles. The molecule has 88 valence electrons. The van der Waals surface area contributed by atoms with Crippen LogP contribution in [0.3, 0.4) is 0 Å². The predicted molar refractivity (Wildman–Crippen MR) is 53.2 cm³/mol. The van der Waals surface area contributed by atoms with Gasteiger partial charge in [-0.05, 0) is 6.42 Å². The summed E-state index contributed by atoms with van der Waals surface area (Å²) in [6.07, 6.45) is 5.08. The Morgan fingerprint density at radius 3 is 1.73 bits per heavy atom. The first kappa shape index (κ1) is 15.9. The molecule has 0 aromatic rings. The van der Waals surface area contributed by atoms with Crippen LogP contribution in [-0.2, 0) is 14.4 Å². The fourth-order valence-corrected chi connectivity index (χ4v) is 0.726. The lowest BCUT2D eigenvalue weighted by Crippen LogP contribution is -2.09. The zero-order chi connectivity index (χ0) is 12.3. The molecule has 0 aromatic carbocycles. The summed E-state index contributed by atoms with van der Waals surface area (Å²) in [5.74, 6) is -3.82. The monoisotopic (exact) mass is 219 g/mol. The maximum atomic E-state index is 10.2. The molecule has 6 nitrogen and oxygen atoms in total. The lowest BCUT2D eigenvalue weighted by atomic mass is 10.1. The molecule has 0 fully saturated rings. The fourth-order valence-electron chi connectivity index (χ4n) is 0.726. The Kier molecular flexibility index (Phi) is 11.1. The van der Waals surface area contributed by atoms with E-state index in [0.717, 1.165) is 12.8 Å². The van der Waals surface area contributed by atoms with Crippen LogP contribution in [0.2, 0.25) is 0 Å². The molecule has 0 atom stereocenters. The minimum Gasteiger partial charge on any atom is -0.473 e.